The van der Waals surface area contributed by atoms with E-state index < -0.39 is 0 Å². The molecule has 0 aliphatic rings. The zero-order chi connectivity index (χ0) is 14.5. The summed E-state index contributed by atoms with van der Waals surface area (Å²) in [6, 6.07) is 17.5. The van der Waals surface area contributed by atoms with Crippen molar-refractivity contribution < 1.29 is 0 Å². The van der Waals surface area contributed by atoms with Gasteiger partial charge in [-0.15, -0.1) is 11.8 Å². The minimum Gasteiger partial charge on any atom is -0.327 e. The monoisotopic (exact) mass is 285 g/mol. The van der Waals surface area contributed by atoms with Crippen LogP contribution in [0.1, 0.15) is 34.4 Å². The molecule has 1 unspecified atom stereocenters. The molecule has 0 aliphatic heterocycles. The molecule has 20 heavy (non-hydrogen) atoms. The third kappa shape index (κ3) is 3.65. The summed E-state index contributed by atoms with van der Waals surface area (Å²) in [7, 11) is 0. The van der Waals surface area contributed by atoms with Crippen LogP contribution in [0.25, 0.3) is 0 Å². The van der Waals surface area contributed by atoms with Gasteiger partial charge < -0.3 is 5.73 Å². The second-order valence-corrected chi connectivity index (χ2v) is 6.54. The predicted molar refractivity (Wildman–Crippen MR) is 90.3 cm³/mol. The Morgan fingerprint density at radius 2 is 1.35 bits per heavy atom. The fraction of sp³-hybridized carbons (Fsp3) is 0.333. The molecule has 2 heteroatoms. The molecule has 0 saturated heterocycles. The van der Waals surface area contributed by atoms with E-state index in [1.807, 2.05) is 11.8 Å². The average Bonchev–Trinajstić information content (AvgIpc) is 2.42. The summed E-state index contributed by atoms with van der Waals surface area (Å²) in [4.78, 5) is 0. The van der Waals surface area contributed by atoms with Gasteiger partial charge in [-0.2, -0.15) is 0 Å². The van der Waals surface area contributed by atoms with Gasteiger partial charge >= 0.3 is 0 Å². The third-order valence-electron chi connectivity index (χ3n) is 3.47. The Labute approximate surface area is 126 Å². The quantitative estimate of drug-likeness (QED) is 0.877. The van der Waals surface area contributed by atoms with Gasteiger partial charge in [-0.05, 0) is 43.0 Å². The van der Waals surface area contributed by atoms with Gasteiger partial charge in [0.1, 0.15) is 0 Å². The highest BCUT2D eigenvalue weighted by molar-refractivity contribution is 7.99. The van der Waals surface area contributed by atoms with Crippen LogP contribution in [0.5, 0.6) is 0 Å². The van der Waals surface area contributed by atoms with E-state index in [-0.39, 0.29) is 6.04 Å². The molecule has 0 heterocycles. The Kier molecular flexibility index (Phi) is 5.27. The lowest BCUT2D eigenvalue weighted by Crippen LogP contribution is -2.18. The molecule has 1 nitrogen and oxygen atoms in total. The first-order valence-corrected chi connectivity index (χ1v) is 8.12. The zero-order valence-corrected chi connectivity index (χ0v) is 13.3. The number of rotatable bonds is 5. The Balaban J connectivity index is 2.40. The molecule has 0 aliphatic carbocycles. The van der Waals surface area contributed by atoms with E-state index in [1.165, 1.54) is 22.3 Å². The van der Waals surface area contributed by atoms with Crippen molar-refractivity contribution in [3.05, 3.63) is 70.8 Å². The minimum atomic E-state index is 0.218. The average molecular weight is 285 g/mol. The zero-order valence-electron chi connectivity index (χ0n) is 12.5. The van der Waals surface area contributed by atoms with Crippen LogP contribution in [0.4, 0.5) is 0 Å². The van der Waals surface area contributed by atoms with Crippen molar-refractivity contribution >= 4 is 11.8 Å². The predicted octanol–water partition coefficient (Wildman–Crippen LogP) is 4.47. The summed E-state index contributed by atoms with van der Waals surface area (Å²) in [5.41, 5.74) is 11.4. The highest BCUT2D eigenvalue weighted by Gasteiger charge is 2.18. The molecule has 0 radical (unpaired) electrons. The molecule has 2 N–H and O–H groups in total. The van der Waals surface area contributed by atoms with Crippen molar-refractivity contribution in [1.29, 1.82) is 0 Å². The fourth-order valence-corrected chi connectivity index (χ4v) is 3.74. The van der Waals surface area contributed by atoms with E-state index in [1.54, 1.807) is 0 Å². The lowest BCUT2D eigenvalue weighted by molar-refractivity contribution is 0.844. The fourth-order valence-electron chi connectivity index (χ4n) is 2.36. The molecule has 0 amide bonds. The lowest BCUT2D eigenvalue weighted by Gasteiger charge is -2.22. The molecule has 0 spiro atoms. The van der Waals surface area contributed by atoms with Crippen LogP contribution in [-0.4, -0.2) is 11.8 Å². The summed E-state index contributed by atoms with van der Waals surface area (Å²) in [5, 5.41) is 0.364. The largest absolute Gasteiger partial charge is 0.327 e. The lowest BCUT2D eigenvalue weighted by atomic mass is 9.97. The van der Waals surface area contributed by atoms with Gasteiger partial charge in [-0.1, -0.05) is 48.5 Å². The molecule has 0 bridgehead atoms. The first kappa shape index (κ1) is 15.1. The molecule has 0 saturated carbocycles. The van der Waals surface area contributed by atoms with Crippen molar-refractivity contribution in [3.8, 4) is 0 Å². The van der Waals surface area contributed by atoms with E-state index in [0.29, 0.717) is 5.25 Å². The Morgan fingerprint density at radius 1 is 0.900 bits per heavy atom. The third-order valence-corrected chi connectivity index (χ3v) is 5.03. The molecule has 1 atom stereocenters. The number of aryl methyl sites for hydroxylation is 2. The maximum Gasteiger partial charge on any atom is 0.0552 e. The van der Waals surface area contributed by atoms with Crippen LogP contribution in [0.3, 0.4) is 0 Å². The van der Waals surface area contributed by atoms with E-state index in [4.69, 9.17) is 5.73 Å². The van der Waals surface area contributed by atoms with Crippen molar-refractivity contribution in [2.75, 3.05) is 5.75 Å². The number of hydrogen-bond donors (Lipinski definition) is 1. The van der Waals surface area contributed by atoms with Gasteiger partial charge in [0, 0.05) is 11.8 Å². The van der Waals surface area contributed by atoms with Gasteiger partial charge in [-0.25, -0.2) is 0 Å². The topological polar surface area (TPSA) is 26.0 Å². The van der Waals surface area contributed by atoms with Gasteiger partial charge in [0.2, 0.25) is 0 Å². The molecule has 2 rings (SSSR count). The molecule has 106 valence electrons. The molecule has 2 aromatic carbocycles. The number of nitrogens with two attached hydrogens (primary N) is 1. The second kappa shape index (κ2) is 6.96. The summed E-state index contributed by atoms with van der Waals surface area (Å²) < 4.78 is 0. The normalized spacial score (nSPS) is 12.7. The smallest absolute Gasteiger partial charge is 0.0552 e. The first-order valence-electron chi connectivity index (χ1n) is 7.08. The molecule has 0 fully saturated rings. The van der Waals surface area contributed by atoms with Crippen molar-refractivity contribution in [2.45, 2.75) is 32.1 Å². The van der Waals surface area contributed by atoms with Gasteiger partial charge in [-0.3, -0.25) is 0 Å². The Morgan fingerprint density at radius 3 is 1.75 bits per heavy atom. The van der Waals surface area contributed by atoms with Crippen LogP contribution in [0, 0.1) is 13.8 Å². The number of thioether (sulfide) groups is 1. The van der Waals surface area contributed by atoms with E-state index in [0.717, 1.165) is 5.75 Å². The maximum absolute atomic E-state index is 5.95. The maximum atomic E-state index is 5.95. The van der Waals surface area contributed by atoms with E-state index in [9.17, 15) is 0 Å². The molecular formula is C18H23NS. The van der Waals surface area contributed by atoms with Crippen LogP contribution >= 0.6 is 11.8 Å². The van der Waals surface area contributed by atoms with E-state index in [2.05, 4.69) is 69.3 Å². The van der Waals surface area contributed by atoms with Gasteiger partial charge in [0.15, 0.2) is 0 Å². The van der Waals surface area contributed by atoms with Crippen LogP contribution in [0.2, 0.25) is 0 Å². The van der Waals surface area contributed by atoms with Crippen molar-refractivity contribution in [1.82, 2.24) is 0 Å². The van der Waals surface area contributed by atoms with Crippen molar-refractivity contribution in [2.24, 2.45) is 5.73 Å². The first-order chi connectivity index (χ1) is 9.59. The summed E-state index contributed by atoms with van der Waals surface area (Å²) in [5.74, 6) is 0.966. The SMILES string of the molecule is Cc1ccccc1C(SCC(C)N)c1ccccc1C. The van der Waals surface area contributed by atoms with Gasteiger partial charge in [0.05, 0.1) is 5.25 Å². The highest BCUT2D eigenvalue weighted by Crippen LogP contribution is 2.38. The summed E-state index contributed by atoms with van der Waals surface area (Å²) >= 11 is 1.94. The molecule has 2 aromatic rings. The number of hydrogen-bond acceptors (Lipinski definition) is 2. The van der Waals surface area contributed by atoms with Crippen LogP contribution in [0.15, 0.2) is 48.5 Å². The highest BCUT2D eigenvalue weighted by atomic mass is 32.2. The molecule has 0 aromatic heterocycles. The van der Waals surface area contributed by atoms with Crippen LogP contribution < -0.4 is 5.73 Å². The Hall–Kier alpha value is -1.25. The van der Waals surface area contributed by atoms with Crippen molar-refractivity contribution in [3.63, 3.8) is 0 Å². The standard InChI is InChI=1S/C18H23NS/c1-13-8-4-6-10-16(13)18(20-12-15(3)19)17-11-7-5-9-14(17)2/h4-11,15,18H,12,19H2,1-3H3. The van der Waals surface area contributed by atoms with Gasteiger partial charge in [0.25, 0.3) is 0 Å². The summed E-state index contributed by atoms with van der Waals surface area (Å²) in [6.45, 7) is 6.44. The Bertz CT molecular complexity index is 517. The second-order valence-electron chi connectivity index (χ2n) is 5.40. The molecular weight excluding hydrogens is 262 g/mol. The minimum absolute atomic E-state index is 0.218. The van der Waals surface area contributed by atoms with E-state index >= 15 is 0 Å². The van der Waals surface area contributed by atoms with Crippen LogP contribution in [-0.2, 0) is 0 Å². The summed E-state index contributed by atoms with van der Waals surface area (Å²) in [6.07, 6.45) is 0. The number of benzene rings is 2.